The molecule has 0 radical (unpaired) electrons. The lowest BCUT2D eigenvalue weighted by Crippen LogP contribution is -2.16. The molecule has 0 aliphatic rings. The zero-order valence-corrected chi connectivity index (χ0v) is 9.49. The molecule has 2 rings (SSSR count). The summed E-state index contributed by atoms with van der Waals surface area (Å²) < 4.78 is 10.8. The third-order valence-corrected chi connectivity index (χ3v) is 2.29. The number of likely N-dealkylation sites (N-methyl/N-ethyl adjacent to an activating group) is 1. The van der Waals surface area contributed by atoms with Gasteiger partial charge in [-0.2, -0.15) is 0 Å². The van der Waals surface area contributed by atoms with Crippen LogP contribution in [0.4, 0.5) is 0 Å². The molecule has 1 N–H and O–H groups in total. The van der Waals surface area contributed by atoms with Gasteiger partial charge in [-0.3, -0.25) is 0 Å². The van der Waals surface area contributed by atoms with E-state index in [-0.39, 0.29) is 0 Å². The monoisotopic (exact) mass is 221 g/mol. The normalized spacial score (nSPS) is 10.9. The van der Waals surface area contributed by atoms with Crippen molar-refractivity contribution in [2.45, 2.75) is 20.3 Å². The van der Waals surface area contributed by atoms with Crippen molar-refractivity contribution in [3.63, 3.8) is 0 Å². The van der Waals surface area contributed by atoms with Gasteiger partial charge in [0.1, 0.15) is 0 Å². The van der Waals surface area contributed by atoms with Crippen LogP contribution in [-0.2, 0) is 6.42 Å². The van der Waals surface area contributed by atoms with Crippen LogP contribution in [0.25, 0.3) is 11.7 Å². The molecule has 0 unspecified atom stereocenters. The van der Waals surface area contributed by atoms with E-state index in [4.69, 9.17) is 8.83 Å². The number of aromatic nitrogens is 2. The second kappa shape index (κ2) is 4.94. The number of furan rings is 1. The summed E-state index contributed by atoms with van der Waals surface area (Å²) in [5.41, 5.74) is 1.00. The molecule has 16 heavy (non-hydrogen) atoms. The van der Waals surface area contributed by atoms with E-state index in [0.29, 0.717) is 17.5 Å². The molecule has 0 atom stereocenters. The summed E-state index contributed by atoms with van der Waals surface area (Å²) in [4.78, 5) is 0. The van der Waals surface area contributed by atoms with E-state index in [2.05, 4.69) is 22.4 Å². The van der Waals surface area contributed by atoms with Gasteiger partial charge in [-0.1, -0.05) is 6.92 Å². The smallest absolute Gasteiger partial charge is 0.283 e. The van der Waals surface area contributed by atoms with Gasteiger partial charge >= 0.3 is 0 Å². The highest BCUT2D eigenvalue weighted by molar-refractivity contribution is 5.49. The summed E-state index contributed by atoms with van der Waals surface area (Å²) in [7, 11) is 0. The summed E-state index contributed by atoms with van der Waals surface area (Å²) in [5, 5.41) is 11.1. The lowest BCUT2D eigenvalue weighted by molar-refractivity contribution is 0.473. The van der Waals surface area contributed by atoms with Crippen molar-refractivity contribution in [3.8, 4) is 11.7 Å². The van der Waals surface area contributed by atoms with Crippen molar-refractivity contribution in [2.24, 2.45) is 0 Å². The molecular formula is C11H15N3O2. The highest BCUT2D eigenvalue weighted by Gasteiger charge is 2.13. The summed E-state index contributed by atoms with van der Waals surface area (Å²) in [6.07, 6.45) is 2.35. The molecule has 0 saturated heterocycles. The largest absolute Gasteiger partial charge is 0.459 e. The standard InChI is InChI=1S/C11H15N3O2/c1-3-12-6-4-9-13-14-11(16-9)10-8(2)5-7-15-10/h5,7,12H,3-4,6H2,1-2H3. The van der Waals surface area contributed by atoms with E-state index in [1.54, 1.807) is 6.26 Å². The van der Waals surface area contributed by atoms with Crippen LogP contribution < -0.4 is 5.32 Å². The van der Waals surface area contributed by atoms with Gasteiger partial charge in [-0.15, -0.1) is 10.2 Å². The van der Waals surface area contributed by atoms with E-state index in [0.717, 1.165) is 25.1 Å². The van der Waals surface area contributed by atoms with Crippen molar-refractivity contribution in [1.29, 1.82) is 0 Å². The Kier molecular flexibility index (Phi) is 3.36. The molecule has 0 aliphatic carbocycles. The maximum absolute atomic E-state index is 5.50. The Hall–Kier alpha value is -1.62. The van der Waals surface area contributed by atoms with E-state index >= 15 is 0 Å². The maximum atomic E-state index is 5.50. The van der Waals surface area contributed by atoms with Gasteiger partial charge < -0.3 is 14.2 Å². The number of hydrogen-bond acceptors (Lipinski definition) is 5. The van der Waals surface area contributed by atoms with Crippen molar-refractivity contribution in [2.75, 3.05) is 13.1 Å². The van der Waals surface area contributed by atoms with E-state index in [9.17, 15) is 0 Å². The zero-order chi connectivity index (χ0) is 11.4. The van der Waals surface area contributed by atoms with Crippen LogP contribution in [-0.4, -0.2) is 23.3 Å². The number of rotatable bonds is 5. The predicted molar refractivity (Wildman–Crippen MR) is 59.0 cm³/mol. The average molecular weight is 221 g/mol. The third-order valence-electron chi connectivity index (χ3n) is 2.29. The number of aryl methyl sites for hydroxylation is 1. The van der Waals surface area contributed by atoms with Crippen molar-refractivity contribution in [3.05, 3.63) is 23.8 Å². The van der Waals surface area contributed by atoms with Gasteiger partial charge in [0.15, 0.2) is 5.76 Å². The molecule has 0 spiro atoms. The lowest BCUT2D eigenvalue weighted by atomic mass is 10.3. The van der Waals surface area contributed by atoms with Crippen LogP contribution in [0.5, 0.6) is 0 Å². The molecule has 2 aromatic heterocycles. The van der Waals surface area contributed by atoms with Crippen molar-refractivity contribution < 1.29 is 8.83 Å². The first-order chi connectivity index (χ1) is 7.81. The Bertz CT molecular complexity index is 448. The molecular weight excluding hydrogens is 206 g/mol. The van der Waals surface area contributed by atoms with Gasteiger partial charge in [0, 0.05) is 18.5 Å². The first-order valence-corrected chi connectivity index (χ1v) is 5.39. The maximum Gasteiger partial charge on any atom is 0.283 e. The van der Waals surface area contributed by atoms with Gasteiger partial charge in [-0.05, 0) is 19.5 Å². The number of nitrogens with one attached hydrogen (secondary N) is 1. The minimum atomic E-state index is 0.453. The Labute approximate surface area is 93.9 Å². The zero-order valence-electron chi connectivity index (χ0n) is 9.49. The second-order valence-electron chi connectivity index (χ2n) is 3.54. The SMILES string of the molecule is CCNCCc1nnc(-c2occc2C)o1. The molecule has 0 bridgehead atoms. The van der Waals surface area contributed by atoms with Gasteiger partial charge in [0.05, 0.1) is 6.26 Å². The Morgan fingerprint density at radius 2 is 2.25 bits per heavy atom. The summed E-state index contributed by atoms with van der Waals surface area (Å²) in [6, 6.07) is 1.87. The fraction of sp³-hybridized carbons (Fsp3) is 0.455. The minimum absolute atomic E-state index is 0.453. The first-order valence-electron chi connectivity index (χ1n) is 5.39. The van der Waals surface area contributed by atoms with Gasteiger partial charge in [-0.25, -0.2) is 0 Å². The molecule has 5 heteroatoms. The number of hydrogen-bond donors (Lipinski definition) is 1. The van der Waals surface area contributed by atoms with Crippen LogP contribution in [0.15, 0.2) is 21.2 Å². The quantitative estimate of drug-likeness (QED) is 0.780. The molecule has 0 aromatic carbocycles. The van der Waals surface area contributed by atoms with E-state index < -0.39 is 0 Å². The second-order valence-corrected chi connectivity index (χ2v) is 3.54. The summed E-state index contributed by atoms with van der Waals surface area (Å²) in [5.74, 6) is 1.74. The molecule has 5 nitrogen and oxygen atoms in total. The van der Waals surface area contributed by atoms with Crippen LogP contribution in [0, 0.1) is 6.92 Å². The molecule has 0 saturated carbocycles. The molecule has 86 valence electrons. The average Bonchev–Trinajstić information content (AvgIpc) is 2.87. The fourth-order valence-electron chi connectivity index (χ4n) is 1.41. The van der Waals surface area contributed by atoms with Crippen LogP contribution in [0.2, 0.25) is 0 Å². The third kappa shape index (κ3) is 2.30. The van der Waals surface area contributed by atoms with Gasteiger partial charge in [0.2, 0.25) is 5.89 Å². The first kappa shape index (κ1) is 10.9. The predicted octanol–water partition coefficient (Wildman–Crippen LogP) is 1.79. The molecule has 0 amide bonds. The minimum Gasteiger partial charge on any atom is -0.459 e. The molecule has 2 aromatic rings. The Balaban J connectivity index is 2.05. The summed E-state index contributed by atoms with van der Waals surface area (Å²) >= 11 is 0. The Morgan fingerprint density at radius 1 is 1.38 bits per heavy atom. The topological polar surface area (TPSA) is 64.1 Å². The van der Waals surface area contributed by atoms with Crippen molar-refractivity contribution >= 4 is 0 Å². The molecule has 0 fully saturated rings. The van der Waals surface area contributed by atoms with Crippen LogP contribution in [0.3, 0.4) is 0 Å². The van der Waals surface area contributed by atoms with Gasteiger partial charge in [0.25, 0.3) is 5.89 Å². The van der Waals surface area contributed by atoms with E-state index in [1.807, 2.05) is 13.0 Å². The molecule has 2 heterocycles. The fourth-order valence-corrected chi connectivity index (χ4v) is 1.41. The van der Waals surface area contributed by atoms with Crippen molar-refractivity contribution in [1.82, 2.24) is 15.5 Å². The Morgan fingerprint density at radius 3 is 2.94 bits per heavy atom. The van der Waals surface area contributed by atoms with E-state index in [1.165, 1.54) is 0 Å². The lowest BCUT2D eigenvalue weighted by Gasteiger charge is -1.95. The highest BCUT2D eigenvalue weighted by atomic mass is 16.4. The van der Waals surface area contributed by atoms with Crippen LogP contribution in [0.1, 0.15) is 18.4 Å². The highest BCUT2D eigenvalue weighted by Crippen LogP contribution is 2.22. The summed E-state index contributed by atoms with van der Waals surface area (Å²) in [6.45, 7) is 5.79. The van der Waals surface area contributed by atoms with Crippen LogP contribution >= 0.6 is 0 Å². The molecule has 0 aliphatic heterocycles. The number of nitrogens with zero attached hydrogens (tertiary/aromatic N) is 2.